The maximum atomic E-state index is 12.0. The van der Waals surface area contributed by atoms with E-state index in [9.17, 15) is 8.42 Å². The smallest absolute Gasteiger partial charge is 0.213 e. The fourth-order valence-corrected chi connectivity index (χ4v) is 3.66. The van der Waals surface area contributed by atoms with Crippen LogP contribution in [0.1, 0.15) is 26.2 Å². The van der Waals surface area contributed by atoms with Gasteiger partial charge in [0.05, 0.1) is 19.5 Å². The van der Waals surface area contributed by atoms with E-state index in [2.05, 4.69) is 20.3 Å². The number of rotatable bonds is 10. The normalized spacial score (nSPS) is 15.1. The molecule has 0 aromatic heterocycles. The van der Waals surface area contributed by atoms with E-state index in [1.165, 1.54) is 6.42 Å². The summed E-state index contributed by atoms with van der Waals surface area (Å²) in [5, 5.41) is 6.14. The molecule has 8 nitrogen and oxygen atoms in total. The zero-order chi connectivity index (χ0) is 19.7. The van der Waals surface area contributed by atoms with Gasteiger partial charge >= 0.3 is 0 Å². The lowest BCUT2D eigenvalue weighted by Crippen LogP contribution is -2.39. The molecular weight excluding hydrogens is 368 g/mol. The van der Waals surface area contributed by atoms with Crippen LogP contribution in [-0.2, 0) is 10.0 Å². The molecule has 9 heteroatoms. The largest absolute Gasteiger partial charge is 0.493 e. The van der Waals surface area contributed by atoms with Gasteiger partial charge in [0.1, 0.15) is 0 Å². The Morgan fingerprint density at radius 2 is 2.07 bits per heavy atom. The number of sulfonamides is 1. The monoisotopic (exact) mass is 398 g/mol. The molecule has 1 fully saturated rings. The van der Waals surface area contributed by atoms with Crippen molar-refractivity contribution in [3.05, 3.63) is 18.2 Å². The molecule has 0 aliphatic heterocycles. The zero-order valence-electron chi connectivity index (χ0n) is 16.2. The molecule has 1 aliphatic carbocycles. The molecule has 2 rings (SSSR count). The van der Waals surface area contributed by atoms with Gasteiger partial charge in [0.2, 0.25) is 10.0 Å². The molecule has 152 valence electrons. The van der Waals surface area contributed by atoms with Gasteiger partial charge in [-0.25, -0.2) is 13.1 Å². The van der Waals surface area contributed by atoms with Crippen molar-refractivity contribution >= 4 is 21.7 Å². The molecule has 0 atom stereocenters. The van der Waals surface area contributed by atoms with Crippen LogP contribution in [0.4, 0.5) is 5.69 Å². The number of hydrogen-bond donors (Lipinski definition) is 3. The van der Waals surface area contributed by atoms with Crippen molar-refractivity contribution in [2.75, 3.05) is 44.9 Å². The maximum Gasteiger partial charge on any atom is 0.213 e. The Morgan fingerprint density at radius 3 is 2.67 bits per heavy atom. The van der Waals surface area contributed by atoms with Crippen LogP contribution in [0.15, 0.2) is 23.2 Å². The molecule has 0 bridgehead atoms. The standard InChI is InChI=1S/C18H30N4O4S/c1-4-26-17-12-15(8-9-16(17)25-3)22-18(19-2)20-10-11-27(23,24)21-13-14-6-5-7-14/h8-9,12,14,21H,4-7,10-11,13H2,1-3H3,(H2,19,20,22). The first kappa shape index (κ1) is 21.3. The molecule has 0 amide bonds. The van der Waals surface area contributed by atoms with Gasteiger partial charge in [-0.05, 0) is 37.8 Å². The van der Waals surface area contributed by atoms with Crippen molar-refractivity contribution in [3.8, 4) is 11.5 Å². The van der Waals surface area contributed by atoms with Crippen LogP contribution >= 0.6 is 0 Å². The van der Waals surface area contributed by atoms with Crippen LogP contribution in [0.2, 0.25) is 0 Å². The van der Waals surface area contributed by atoms with Gasteiger partial charge in [-0.2, -0.15) is 0 Å². The number of hydrogen-bond acceptors (Lipinski definition) is 5. The summed E-state index contributed by atoms with van der Waals surface area (Å²) in [4.78, 5) is 4.12. The highest BCUT2D eigenvalue weighted by molar-refractivity contribution is 7.89. The number of methoxy groups -OCH3 is 1. The van der Waals surface area contributed by atoms with E-state index in [0.29, 0.717) is 36.5 Å². The van der Waals surface area contributed by atoms with Crippen LogP contribution in [0.5, 0.6) is 11.5 Å². The van der Waals surface area contributed by atoms with Crippen molar-refractivity contribution in [2.45, 2.75) is 26.2 Å². The quantitative estimate of drug-likeness (QED) is 0.410. The van der Waals surface area contributed by atoms with Crippen molar-refractivity contribution < 1.29 is 17.9 Å². The molecule has 1 aromatic rings. The Hall–Kier alpha value is -2.00. The third-order valence-electron chi connectivity index (χ3n) is 4.43. The Morgan fingerprint density at radius 1 is 1.30 bits per heavy atom. The summed E-state index contributed by atoms with van der Waals surface area (Å²) in [5.41, 5.74) is 0.762. The summed E-state index contributed by atoms with van der Waals surface area (Å²) >= 11 is 0. The van der Waals surface area contributed by atoms with E-state index in [-0.39, 0.29) is 12.3 Å². The lowest BCUT2D eigenvalue weighted by Gasteiger charge is -2.25. The van der Waals surface area contributed by atoms with Gasteiger partial charge in [-0.1, -0.05) is 6.42 Å². The first-order valence-corrected chi connectivity index (χ1v) is 10.9. The minimum absolute atomic E-state index is 0.00672. The van der Waals surface area contributed by atoms with Gasteiger partial charge in [0.15, 0.2) is 17.5 Å². The fourth-order valence-electron chi connectivity index (χ4n) is 2.66. The third-order valence-corrected chi connectivity index (χ3v) is 5.78. The Bertz CT molecular complexity index is 733. The van der Waals surface area contributed by atoms with Crippen LogP contribution in [0.25, 0.3) is 0 Å². The van der Waals surface area contributed by atoms with E-state index < -0.39 is 10.0 Å². The first-order valence-electron chi connectivity index (χ1n) is 9.23. The second-order valence-electron chi connectivity index (χ2n) is 6.39. The number of benzene rings is 1. The van der Waals surface area contributed by atoms with Crippen molar-refractivity contribution in [2.24, 2.45) is 10.9 Å². The lowest BCUT2D eigenvalue weighted by molar-refractivity contribution is 0.311. The average Bonchev–Trinajstić information content (AvgIpc) is 2.60. The summed E-state index contributed by atoms with van der Waals surface area (Å²) in [6.45, 7) is 3.23. The molecule has 1 aromatic carbocycles. The molecule has 0 radical (unpaired) electrons. The number of guanidine groups is 1. The van der Waals surface area contributed by atoms with E-state index >= 15 is 0 Å². The summed E-state index contributed by atoms with van der Waals surface area (Å²) < 4.78 is 37.6. The summed E-state index contributed by atoms with van der Waals surface area (Å²) in [6, 6.07) is 5.45. The Balaban J connectivity index is 1.83. The summed E-state index contributed by atoms with van der Waals surface area (Å²) in [7, 11) is -0.0657. The molecule has 1 aliphatic rings. The van der Waals surface area contributed by atoms with Gasteiger partial charge in [0, 0.05) is 31.9 Å². The number of nitrogens with zero attached hydrogens (tertiary/aromatic N) is 1. The minimum Gasteiger partial charge on any atom is -0.493 e. The number of ether oxygens (including phenoxy) is 2. The molecule has 3 N–H and O–H groups in total. The van der Waals surface area contributed by atoms with Crippen molar-refractivity contribution in [1.29, 1.82) is 0 Å². The van der Waals surface area contributed by atoms with Gasteiger partial charge in [0.25, 0.3) is 0 Å². The first-order chi connectivity index (χ1) is 13.0. The predicted octanol–water partition coefficient (Wildman–Crippen LogP) is 1.80. The maximum absolute atomic E-state index is 12.0. The molecular formula is C18H30N4O4S. The molecule has 27 heavy (non-hydrogen) atoms. The highest BCUT2D eigenvalue weighted by Gasteiger charge is 2.20. The summed E-state index contributed by atoms with van der Waals surface area (Å²) in [6.07, 6.45) is 3.43. The highest BCUT2D eigenvalue weighted by Crippen LogP contribution is 2.30. The van der Waals surface area contributed by atoms with Crippen LogP contribution < -0.4 is 24.8 Å². The van der Waals surface area contributed by atoms with Crippen molar-refractivity contribution in [3.63, 3.8) is 0 Å². The third kappa shape index (κ3) is 6.91. The molecule has 1 saturated carbocycles. The van der Waals surface area contributed by atoms with E-state index in [0.717, 1.165) is 18.5 Å². The van der Waals surface area contributed by atoms with Crippen molar-refractivity contribution in [1.82, 2.24) is 10.0 Å². The van der Waals surface area contributed by atoms with Crippen LogP contribution in [-0.4, -0.2) is 54.0 Å². The van der Waals surface area contributed by atoms with Crippen LogP contribution in [0.3, 0.4) is 0 Å². The molecule has 0 saturated heterocycles. The molecule has 0 spiro atoms. The fraction of sp³-hybridized carbons (Fsp3) is 0.611. The lowest BCUT2D eigenvalue weighted by atomic mass is 9.86. The Labute approximate surface area is 161 Å². The zero-order valence-corrected chi connectivity index (χ0v) is 17.1. The molecule has 0 heterocycles. The average molecular weight is 399 g/mol. The number of anilines is 1. The summed E-state index contributed by atoms with van der Waals surface area (Å²) in [5.74, 6) is 2.25. The van der Waals surface area contributed by atoms with E-state index in [1.807, 2.05) is 19.1 Å². The van der Waals surface area contributed by atoms with E-state index in [1.54, 1.807) is 20.2 Å². The van der Waals surface area contributed by atoms with E-state index in [4.69, 9.17) is 9.47 Å². The second kappa shape index (κ2) is 10.4. The van der Waals surface area contributed by atoms with Gasteiger partial charge < -0.3 is 20.1 Å². The number of nitrogens with one attached hydrogen (secondary N) is 3. The topological polar surface area (TPSA) is 101 Å². The van der Waals surface area contributed by atoms with Gasteiger partial charge in [-0.15, -0.1) is 0 Å². The van der Waals surface area contributed by atoms with Crippen LogP contribution in [0, 0.1) is 5.92 Å². The predicted molar refractivity (Wildman–Crippen MR) is 108 cm³/mol. The second-order valence-corrected chi connectivity index (χ2v) is 8.31. The SMILES string of the molecule is CCOc1cc(NC(=NC)NCCS(=O)(=O)NCC2CCC2)ccc1OC. The minimum atomic E-state index is -3.28. The Kier molecular flexibility index (Phi) is 8.18. The molecule has 0 unspecified atom stereocenters. The highest BCUT2D eigenvalue weighted by atomic mass is 32.2. The van der Waals surface area contributed by atoms with Gasteiger partial charge in [-0.3, -0.25) is 4.99 Å². The number of aliphatic imine (C=N–C) groups is 1.